The van der Waals surface area contributed by atoms with Crippen LogP contribution in [0.15, 0.2) is 24.3 Å². The molecule has 1 fully saturated rings. The summed E-state index contributed by atoms with van der Waals surface area (Å²) >= 11 is 0. The van der Waals surface area contributed by atoms with Crippen molar-refractivity contribution in [2.75, 3.05) is 6.54 Å². The van der Waals surface area contributed by atoms with Gasteiger partial charge in [-0.2, -0.15) is 0 Å². The zero-order valence-electron chi connectivity index (χ0n) is 11.9. The van der Waals surface area contributed by atoms with E-state index in [1.54, 1.807) is 18.2 Å². The number of carbonyl (C=O) groups excluding carboxylic acids is 1. The maximum Gasteiger partial charge on any atom is 0.273 e. The van der Waals surface area contributed by atoms with Gasteiger partial charge in [-0.25, -0.2) is 0 Å². The third-order valence-electron chi connectivity index (χ3n) is 3.99. The highest BCUT2D eigenvalue weighted by atomic mass is 16.6. The van der Waals surface area contributed by atoms with Crippen molar-refractivity contribution >= 4 is 11.6 Å². The maximum absolute atomic E-state index is 12.4. The summed E-state index contributed by atoms with van der Waals surface area (Å²) in [5.41, 5.74) is 0.521. The van der Waals surface area contributed by atoms with Gasteiger partial charge in [0.1, 0.15) is 0 Å². The van der Waals surface area contributed by atoms with Gasteiger partial charge in [-0.05, 0) is 25.7 Å². The number of amides is 1. The van der Waals surface area contributed by atoms with Crippen LogP contribution in [0.2, 0.25) is 0 Å². The summed E-state index contributed by atoms with van der Waals surface area (Å²) in [5, 5.41) is 11.0. The van der Waals surface area contributed by atoms with Crippen molar-refractivity contribution in [2.45, 2.75) is 39.2 Å². The van der Waals surface area contributed by atoms with Gasteiger partial charge in [0.05, 0.1) is 11.3 Å². The molecule has 1 aromatic carbocycles. The summed E-state index contributed by atoms with van der Waals surface area (Å²) in [6, 6.07) is 6.68. The van der Waals surface area contributed by atoms with E-state index in [0.717, 1.165) is 19.4 Å². The molecule has 0 aromatic heterocycles. The summed E-state index contributed by atoms with van der Waals surface area (Å²) in [7, 11) is 0. The van der Waals surface area contributed by atoms with Gasteiger partial charge in [0.15, 0.2) is 0 Å². The molecule has 108 valence electrons. The Balaban J connectivity index is 2.10. The van der Waals surface area contributed by atoms with Crippen LogP contribution in [0, 0.1) is 16.0 Å². The Morgan fingerprint density at radius 3 is 2.75 bits per heavy atom. The Morgan fingerprint density at radius 1 is 1.40 bits per heavy atom. The number of hydrogen-bond acceptors (Lipinski definition) is 3. The number of rotatable bonds is 3. The van der Waals surface area contributed by atoms with Crippen LogP contribution in [0.5, 0.6) is 0 Å². The second-order valence-corrected chi connectivity index (χ2v) is 5.63. The molecule has 0 unspecified atom stereocenters. The molecular formula is C15H20N2O3. The Hall–Kier alpha value is -1.91. The molecule has 0 N–H and O–H groups in total. The maximum atomic E-state index is 12.4. The normalized spacial score (nSPS) is 22.6. The molecule has 1 aliphatic rings. The molecule has 1 aromatic rings. The SMILES string of the molecule is C[C@H]1CCN(C(=O)Cc2ccccc2[N+](=O)[O-])[C@@H](C)C1. The zero-order valence-corrected chi connectivity index (χ0v) is 11.9. The molecule has 0 saturated carbocycles. The largest absolute Gasteiger partial charge is 0.340 e. The van der Waals surface area contributed by atoms with E-state index in [1.165, 1.54) is 6.07 Å². The van der Waals surface area contributed by atoms with Crippen LogP contribution in [0.3, 0.4) is 0 Å². The third-order valence-corrected chi connectivity index (χ3v) is 3.99. The van der Waals surface area contributed by atoms with Crippen molar-refractivity contribution in [1.82, 2.24) is 4.90 Å². The first-order valence-electron chi connectivity index (χ1n) is 7.00. The smallest absolute Gasteiger partial charge is 0.273 e. The Bertz CT molecular complexity index is 516. The monoisotopic (exact) mass is 276 g/mol. The van der Waals surface area contributed by atoms with Crippen molar-refractivity contribution in [2.24, 2.45) is 5.92 Å². The van der Waals surface area contributed by atoms with Crippen LogP contribution in [0.4, 0.5) is 5.69 Å². The van der Waals surface area contributed by atoms with Crippen molar-refractivity contribution < 1.29 is 9.72 Å². The number of para-hydroxylation sites is 1. The Morgan fingerprint density at radius 2 is 2.10 bits per heavy atom. The first-order valence-corrected chi connectivity index (χ1v) is 7.00. The highest BCUT2D eigenvalue weighted by Gasteiger charge is 2.27. The molecule has 0 spiro atoms. The van der Waals surface area contributed by atoms with Gasteiger partial charge in [-0.1, -0.05) is 25.1 Å². The van der Waals surface area contributed by atoms with Crippen LogP contribution < -0.4 is 0 Å². The van der Waals surface area contributed by atoms with Gasteiger partial charge in [0.2, 0.25) is 5.91 Å². The molecule has 5 nitrogen and oxygen atoms in total. The van der Waals surface area contributed by atoms with E-state index >= 15 is 0 Å². The van der Waals surface area contributed by atoms with Crippen LogP contribution in [0.25, 0.3) is 0 Å². The number of likely N-dealkylation sites (tertiary alicyclic amines) is 1. The van der Waals surface area contributed by atoms with E-state index in [0.29, 0.717) is 11.5 Å². The molecule has 5 heteroatoms. The number of nitro groups is 1. The quantitative estimate of drug-likeness (QED) is 0.630. The van der Waals surface area contributed by atoms with E-state index < -0.39 is 4.92 Å². The van der Waals surface area contributed by atoms with E-state index in [4.69, 9.17) is 0 Å². The average molecular weight is 276 g/mol. The summed E-state index contributed by atoms with van der Waals surface area (Å²) in [4.78, 5) is 24.8. The minimum absolute atomic E-state index is 0.0151. The fourth-order valence-electron chi connectivity index (χ4n) is 2.88. The van der Waals surface area contributed by atoms with Gasteiger partial charge < -0.3 is 4.90 Å². The van der Waals surface area contributed by atoms with Crippen LogP contribution in [-0.2, 0) is 11.2 Å². The van der Waals surface area contributed by atoms with Gasteiger partial charge in [-0.3, -0.25) is 14.9 Å². The Labute approximate surface area is 118 Å². The Kier molecular flexibility index (Phi) is 4.37. The van der Waals surface area contributed by atoms with E-state index in [9.17, 15) is 14.9 Å². The molecule has 1 heterocycles. The number of carbonyl (C=O) groups is 1. The van der Waals surface area contributed by atoms with Crippen molar-refractivity contribution in [1.29, 1.82) is 0 Å². The number of benzene rings is 1. The lowest BCUT2D eigenvalue weighted by atomic mass is 9.93. The van der Waals surface area contributed by atoms with Crippen molar-refractivity contribution in [3.8, 4) is 0 Å². The number of hydrogen-bond donors (Lipinski definition) is 0. The van der Waals surface area contributed by atoms with Crippen molar-refractivity contribution in [3.05, 3.63) is 39.9 Å². The molecule has 1 saturated heterocycles. The van der Waals surface area contributed by atoms with Crippen LogP contribution >= 0.6 is 0 Å². The highest BCUT2D eigenvalue weighted by molar-refractivity contribution is 5.80. The second-order valence-electron chi connectivity index (χ2n) is 5.63. The van der Waals surface area contributed by atoms with E-state index in [2.05, 4.69) is 6.92 Å². The lowest BCUT2D eigenvalue weighted by molar-refractivity contribution is -0.385. The second kappa shape index (κ2) is 6.03. The summed E-state index contributed by atoms with van der Waals surface area (Å²) in [5.74, 6) is 0.624. The lowest BCUT2D eigenvalue weighted by Crippen LogP contribution is -2.44. The molecule has 20 heavy (non-hydrogen) atoms. The van der Waals surface area contributed by atoms with Gasteiger partial charge in [-0.15, -0.1) is 0 Å². The standard InChI is InChI=1S/C15H20N2O3/c1-11-7-8-16(12(2)9-11)15(18)10-13-5-3-4-6-14(13)17(19)20/h3-6,11-12H,7-10H2,1-2H3/t11-,12-/m0/s1. The third kappa shape index (κ3) is 3.15. The minimum Gasteiger partial charge on any atom is -0.340 e. The molecule has 2 atom stereocenters. The zero-order chi connectivity index (χ0) is 14.7. The summed E-state index contributed by atoms with van der Waals surface area (Å²) < 4.78 is 0. The van der Waals surface area contributed by atoms with Crippen LogP contribution in [0.1, 0.15) is 32.3 Å². The van der Waals surface area contributed by atoms with Gasteiger partial charge in [0, 0.05) is 24.2 Å². The molecule has 0 bridgehead atoms. The van der Waals surface area contributed by atoms with Crippen LogP contribution in [-0.4, -0.2) is 28.3 Å². The van der Waals surface area contributed by atoms with Crippen molar-refractivity contribution in [3.63, 3.8) is 0 Å². The van der Waals surface area contributed by atoms with E-state index in [-0.39, 0.29) is 24.1 Å². The predicted octanol–water partition coefficient (Wildman–Crippen LogP) is 2.78. The molecule has 2 rings (SSSR count). The number of nitrogens with zero attached hydrogens (tertiary/aromatic N) is 2. The van der Waals surface area contributed by atoms with E-state index in [1.807, 2.05) is 11.8 Å². The molecule has 0 aliphatic carbocycles. The minimum atomic E-state index is -0.426. The number of piperidine rings is 1. The number of nitro benzene ring substituents is 1. The lowest BCUT2D eigenvalue weighted by Gasteiger charge is -2.36. The fraction of sp³-hybridized carbons (Fsp3) is 0.533. The highest BCUT2D eigenvalue weighted by Crippen LogP contribution is 2.24. The fourth-order valence-corrected chi connectivity index (χ4v) is 2.88. The molecular weight excluding hydrogens is 256 g/mol. The topological polar surface area (TPSA) is 63.5 Å². The average Bonchev–Trinajstić information content (AvgIpc) is 2.38. The predicted molar refractivity (Wildman–Crippen MR) is 76.4 cm³/mol. The molecule has 1 aliphatic heterocycles. The molecule has 0 radical (unpaired) electrons. The first kappa shape index (κ1) is 14.5. The summed E-state index contributed by atoms with van der Waals surface area (Å²) in [6.07, 6.45) is 2.12. The molecule has 1 amide bonds. The van der Waals surface area contributed by atoms with Gasteiger partial charge >= 0.3 is 0 Å². The van der Waals surface area contributed by atoms with Gasteiger partial charge in [0.25, 0.3) is 5.69 Å². The first-order chi connectivity index (χ1) is 9.49. The summed E-state index contributed by atoms with van der Waals surface area (Å²) in [6.45, 7) is 5.00.